The van der Waals surface area contributed by atoms with Gasteiger partial charge in [0.05, 0.1) is 12.6 Å². The zero-order valence-corrected chi connectivity index (χ0v) is 17.6. The number of carbonyl (C=O) groups is 1. The van der Waals surface area contributed by atoms with Crippen molar-refractivity contribution < 1.29 is 9.90 Å². The third kappa shape index (κ3) is 6.74. The maximum absolute atomic E-state index is 12.8. The molecule has 0 spiro atoms. The Morgan fingerprint density at radius 3 is 2.69 bits per heavy atom. The summed E-state index contributed by atoms with van der Waals surface area (Å²) in [6.07, 6.45) is 6.77. The van der Waals surface area contributed by atoms with Crippen molar-refractivity contribution in [3.8, 4) is 0 Å². The fourth-order valence-corrected chi connectivity index (χ4v) is 4.35. The number of aliphatic hydroxyl groups excluding tert-OH is 1. The molecule has 3 N–H and O–H groups in total. The number of nitrogens with one attached hydrogen (secondary N) is 2. The number of carbonyl (C=O) groups excluding carboxylic acids is 1. The predicted octanol–water partition coefficient (Wildman–Crippen LogP) is 2.33. The van der Waals surface area contributed by atoms with Crippen LogP contribution in [0.2, 0.25) is 0 Å². The second-order valence-corrected chi connectivity index (χ2v) is 8.31. The number of likely N-dealkylation sites (tertiary alicyclic amines) is 1. The van der Waals surface area contributed by atoms with Crippen molar-refractivity contribution >= 4 is 11.9 Å². The van der Waals surface area contributed by atoms with Gasteiger partial charge in [-0.3, -0.25) is 9.79 Å². The molecule has 1 heterocycles. The van der Waals surface area contributed by atoms with Crippen molar-refractivity contribution in [2.24, 2.45) is 10.9 Å². The highest BCUT2D eigenvalue weighted by atomic mass is 16.3. The van der Waals surface area contributed by atoms with Crippen LogP contribution in [-0.2, 0) is 11.2 Å². The van der Waals surface area contributed by atoms with Crippen LogP contribution in [-0.4, -0.2) is 60.2 Å². The molecular formula is C23H36N4O2. The van der Waals surface area contributed by atoms with Gasteiger partial charge in [0.1, 0.15) is 0 Å². The molecule has 2 fully saturated rings. The average Bonchev–Trinajstić information content (AvgIpc) is 3.21. The molecule has 2 unspecified atom stereocenters. The van der Waals surface area contributed by atoms with E-state index in [1.54, 1.807) is 0 Å². The fraction of sp³-hybridized carbons (Fsp3) is 0.652. The third-order valence-corrected chi connectivity index (χ3v) is 5.91. The molecule has 0 radical (unpaired) electrons. The molecule has 2 atom stereocenters. The maximum atomic E-state index is 12.8. The van der Waals surface area contributed by atoms with Gasteiger partial charge in [-0.05, 0) is 31.7 Å². The molecule has 1 aromatic rings. The number of nitrogens with zero attached hydrogens (tertiary/aromatic N) is 2. The monoisotopic (exact) mass is 400 g/mol. The van der Waals surface area contributed by atoms with Crippen LogP contribution in [0.1, 0.15) is 51.0 Å². The third-order valence-electron chi connectivity index (χ3n) is 5.91. The highest BCUT2D eigenvalue weighted by molar-refractivity contribution is 5.81. The number of aliphatic hydroxyl groups is 1. The van der Waals surface area contributed by atoms with E-state index < -0.39 is 6.10 Å². The fourth-order valence-electron chi connectivity index (χ4n) is 4.35. The number of guanidine groups is 1. The lowest BCUT2D eigenvalue weighted by molar-refractivity contribution is -0.135. The molecule has 3 rings (SSSR count). The molecule has 1 saturated carbocycles. The molecule has 1 aliphatic heterocycles. The zero-order valence-electron chi connectivity index (χ0n) is 17.6. The lowest BCUT2D eigenvalue weighted by Crippen LogP contribution is -2.46. The molecule has 29 heavy (non-hydrogen) atoms. The summed E-state index contributed by atoms with van der Waals surface area (Å²) in [5, 5.41) is 17.0. The number of amides is 1. The van der Waals surface area contributed by atoms with Gasteiger partial charge in [-0.25, -0.2) is 0 Å². The molecule has 1 saturated heterocycles. The molecule has 160 valence electrons. The normalized spacial score (nSPS) is 21.8. The van der Waals surface area contributed by atoms with Crippen LogP contribution >= 0.6 is 0 Å². The van der Waals surface area contributed by atoms with Crippen LogP contribution < -0.4 is 10.6 Å². The summed E-state index contributed by atoms with van der Waals surface area (Å²) < 4.78 is 0. The lowest BCUT2D eigenvalue weighted by Gasteiger charge is -2.26. The smallest absolute Gasteiger partial charge is 0.225 e. The van der Waals surface area contributed by atoms with Gasteiger partial charge in [-0.1, -0.05) is 49.6 Å². The minimum absolute atomic E-state index is 0.214. The number of aliphatic imine (C=N–C) groups is 1. The quantitative estimate of drug-likeness (QED) is 0.485. The molecule has 1 aromatic carbocycles. The van der Waals surface area contributed by atoms with Crippen molar-refractivity contribution in [3.05, 3.63) is 35.9 Å². The van der Waals surface area contributed by atoms with E-state index in [1.165, 1.54) is 19.3 Å². The minimum Gasteiger partial charge on any atom is -0.391 e. The lowest BCUT2D eigenvalue weighted by atomic mass is 9.88. The Hall–Kier alpha value is -2.08. The summed E-state index contributed by atoms with van der Waals surface area (Å²) in [4.78, 5) is 19.4. The summed E-state index contributed by atoms with van der Waals surface area (Å²) in [7, 11) is 0. The average molecular weight is 401 g/mol. The van der Waals surface area contributed by atoms with E-state index in [0.29, 0.717) is 18.9 Å². The highest BCUT2D eigenvalue weighted by Gasteiger charge is 2.31. The molecule has 1 aliphatic carbocycles. The van der Waals surface area contributed by atoms with Gasteiger partial charge in [0.25, 0.3) is 0 Å². The first-order valence-electron chi connectivity index (χ1n) is 11.2. The molecule has 6 nitrogen and oxygen atoms in total. The second kappa shape index (κ2) is 11.2. The minimum atomic E-state index is -0.513. The predicted molar refractivity (Wildman–Crippen MR) is 117 cm³/mol. The Balaban J connectivity index is 1.48. The first-order chi connectivity index (χ1) is 14.2. The summed E-state index contributed by atoms with van der Waals surface area (Å²) in [5.74, 6) is 1.29. The van der Waals surface area contributed by atoms with Gasteiger partial charge in [0.15, 0.2) is 5.96 Å². The standard InChI is InChI=1S/C23H36N4O2/c1-2-24-23(25-16-21(28)15-18-9-5-3-6-10-18)26-20-13-14-27(17-20)22(29)19-11-7-4-8-12-19/h3,5-6,9-10,19-21,28H,2,4,7-8,11-17H2,1H3,(H2,24,25,26). The topological polar surface area (TPSA) is 77.0 Å². The molecule has 0 bridgehead atoms. The van der Waals surface area contributed by atoms with Gasteiger partial charge in [0, 0.05) is 38.0 Å². The zero-order chi connectivity index (χ0) is 20.5. The summed E-state index contributed by atoms with van der Waals surface area (Å²) >= 11 is 0. The molecule has 6 heteroatoms. The molecule has 2 aliphatic rings. The van der Waals surface area contributed by atoms with E-state index in [4.69, 9.17) is 0 Å². The van der Waals surface area contributed by atoms with Crippen LogP contribution in [0.4, 0.5) is 0 Å². The van der Waals surface area contributed by atoms with E-state index in [2.05, 4.69) is 15.6 Å². The van der Waals surface area contributed by atoms with Crippen LogP contribution in [0.15, 0.2) is 35.3 Å². The van der Waals surface area contributed by atoms with Crippen molar-refractivity contribution in [3.63, 3.8) is 0 Å². The van der Waals surface area contributed by atoms with Crippen LogP contribution in [0.3, 0.4) is 0 Å². The van der Waals surface area contributed by atoms with Gasteiger partial charge >= 0.3 is 0 Å². The SMILES string of the molecule is CCNC(=NCC(O)Cc1ccccc1)NC1CCN(C(=O)C2CCCCC2)C1. The van der Waals surface area contributed by atoms with Gasteiger partial charge < -0.3 is 20.6 Å². The Morgan fingerprint density at radius 2 is 1.97 bits per heavy atom. The molecule has 1 amide bonds. The Labute approximate surface area is 174 Å². The van der Waals surface area contributed by atoms with Crippen molar-refractivity contribution in [1.29, 1.82) is 0 Å². The number of hydrogen-bond acceptors (Lipinski definition) is 3. The van der Waals surface area contributed by atoms with E-state index in [0.717, 1.165) is 50.4 Å². The summed E-state index contributed by atoms with van der Waals surface area (Å²) in [5.41, 5.74) is 1.11. The highest BCUT2D eigenvalue weighted by Crippen LogP contribution is 2.26. The van der Waals surface area contributed by atoms with E-state index in [-0.39, 0.29) is 12.0 Å². The Bertz CT molecular complexity index is 658. The van der Waals surface area contributed by atoms with Crippen molar-refractivity contribution in [2.75, 3.05) is 26.2 Å². The van der Waals surface area contributed by atoms with Crippen LogP contribution in [0, 0.1) is 5.92 Å². The van der Waals surface area contributed by atoms with Crippen molar-refractivity contribution in [1.82, 2.24) is 15.5 Å². The van der Waals surface area contributed by atoms with Gasteiger partial charge in [-0.2, -0.15) is 0 Å². The van der Waals surface area contributed by atoms with E-state index in [9.17, 15) is 9.90 Å². The van der Waals surface area contributed by atoms with E-state index >= 15 is 0 Å². The number of hydrogen-bond donors (Lipinski definition) is 3. The number of benzene rings is 1. The van der Waals surface area contributed by atoms with Gasteiger partial charge in [-0.15, -0.1) is 0 Å². The first-order valence-corrected chi connectivity index (χ1v) is 11.2. The molecule has 0 aromatic heterocycles. The van der Waals surface area contributed by atoms with Crippen LogP contribution in [0.25, 0.3) is 0 Å². The van der Waals surface area contributed by atoms with Crippen molar-refractivity contribution in [2.45, 2.75) is 64.0 Å². The maximum Gasteiger partial charge on any atom is 0.225 e. The van der Waals surface area contributed by atoms with E-state index in [1.807, 2.05) is 42.2 Å². The van der Waals surface area contributed by atoms with Crippen LogP contribution in [0.5, 0.6) is 0 Å². The largest absolute Gasteiger partial charge is 0.391 e. The Morgan fingerprint density at radius 1 is 1.21 bits per heavy atom. The first kappa shape index (κ1) is 21.6. The Kier molecular flexibility index (Phi) is 8.35. The summed E-state index contributed by atoms with van der Waals surface area (Å²) in [6.45, 7) is 4.71. The second-order valence-electron chi connectivity index (χ2n) is 8.31. The molecular weight excluding hydrogens is 364 g/mol. The van der Waals surface area contributed by atoms with Gasteiger partial charge in [0.2, 0.25) is 5.91 Å². The summed E-state index contributed by atoms with van der Waals surface area (Å²) in [6, 6.07) is 10.2. The number of rotatable bonds is 7.